The lowest BCUT2D eigenvalue weighted by atomic mass is 10.1. The molecule has 19 heavy (non-hydrogen) atoms. The summed E-state index contributed by atoms with van der Waals surface area (Å²) in [6, 6.07) is 7.53. The molecule has 0 saturated heterocycles. The van der Waals surface area contributed by atoms with Crippen LogP contribution in [0.25, 0.3) is 0 Å². The van der Waals surface area contributed by atoms with Gasteiger partial charge in [0.15, 0.2) is 0 Å². The molecule has 0 aliphatic heterocycles. The van der Waals surface area contributed by atoms with E-state index in [1.165, 1.54) is 0 Å². The van der Waals surface area contributed by atoms with Gasteiger partial charge in [-0.05, 0) is 32.9 Å². The highest BCUT2D eigenvalue weighted by atomic mass is 19.4. The van der Waals surface area contributed by atoms with E-state index in [0.717, 1.165) is 11.3 Å². The number of ether oxygens (including phenoxy) is 1. The fraction of sp³-hybridized carbons (Fsp3) is 0.571. The molecule has 1 N–H and O–H groups in total. The molecule has 1 aromatic carbocycles. The van der Waals surface area contributed by atoms with Gasteiger partial charge in [0.05, 0.1) is 6.61 Å². The molecule has 1 rings (SSSR count). The van der Waals surface area contributed by atoms with Crippen molar-refractivity contribution in [2.75, 3.05) is 13.2 Å². The molecule has 0 bridgehead atoms. The lowest BCUT2D eigenvalue weighted by molar-refractivity contribution is -0.135. The second-order valence-corrected chi connectivity index (χ2v) is 4.37. The smallest absolute Gasteiger partial charge is 0.389 e. The van der Waals surface area contributed by atoms with Crippen LogP contribution >= 0.6 is 0 Å². The van der Waals surface area contributed by atoms with Gasteiger partial charge in [0, 0.05) is 18.0 Å². The molecule has 1 unspecified atom stereocenters. The average Bonchev–Trinajstić information content (AvgIpc) is 2.34. The molecule has 0 aromatic heterocycles. The summed E-state index contributed by atoms with van der Waals surface area (Å²) >= 11 is 0. The minimum Gasteiger partial charge on any atom is -0.494 e. The standard InChI is InChI=1S/C14H20F3NO/c1-3-19-13-8-5-4-7-12(13)11(2)18-10-6-9-14(15,16)17/h4-5,7-8,11,18H,3,6,9-10H2,1-2H3. The van der Waals surface area contributed by atoms with Crippen LogP contribution in [0.3, 0.4) is 0 Å². The van der Waals surface area contributed by atoms with Gasteiger partial charge in [-0.1, -0.05) is 18.2 Å². The van der Waals surface area contributed by atoms with Crippen molar-refractivity contribution in [3.05, 3.63) is 29.8 Å². The zero-order chi connectivity index (χ0) is 14.3. The molecular formula is C14H20F3NO. The highest BCUT2D eigenvalue weighted by molar-refractivity contribution is 5.35. The Labute approximate surface area is 112 Å². The summed E-state index contributed by atoms with van der Waals surface area (Å²) in [6.07, 6.45) is -4.74. The number of hydrogen-bond acceptors (Lipinski definition) is 2. The first-order chi connectivity index (χ1) is 8.94. The summed E-state index contributed by atoms with van der Waals surface area (Å²) in [6.45, 7) is 4.72. The number of para-hydroxylation sites is 1. The quantitative estimate of drug-likeness (QED) is 0.757. The van der Waals surface area contributed by atoms with Gasteiger partial charge >= 0.3 is 6.18 Å². The summed E-state index contributed by atoms with van der Waals surface area (Å²) in [5, 5.41) is 3.09. The summed E-state index contributed by atoms with van der Waals surface area (Å²) in [4.78, 5) is 0. The molecule has 0 saturated carbocycles. The summed E-state index contributed by atoms with van der Waals surface area (Å²) in [5.41, 5.74) is 0.969. The van der Waals surface area contributed by atoms with Gasteiger partial charge in [0.1, 0.15) is 5.75 Å². The second kappa shape index (κ2) is 7.38. The van der Waals surface area contributed by atoms with Crippen LogP contribution in [-0.2, 0) is 0 Å². The van der Waals surface area contributed by atoms with Gasteiger partial charge in [0.2, 0.25) is 0 Å². The van der Waals surface area contributed by atoms with E-state index in [1.807, 2.05) is 38.1 Å². The van der Waals surface area contributed by atoms with Crippen molar-refractivity contribution >= 4 is 0 Å². The van der Waals surface area contributed by atoms with E-state index in [2.05, 4.69) is 5.32 Å². The SMILES string of the molecule is CCOc1ccccc1C(C)NCCCC(F)(F)F. The van der Waals surface area contributed by atoms with Crippen LogP contribution in [0.5, 0.6) is 5.75 Å². The normalized spacial score (nSPS) is 13.3. The molecule has 0 radical (unpaired) electrons. The van der Waals surface area contributed by atoms with Crippen molar-refractivity contribution in [1.29, 1.82) is 0 Å². The average molecular weight is 275 g/mol. The molecule has 0 heterocycles. The Balaban J connectivity index is 2.47. The fourth-order valence-electron chi connectivity index (χ4n) is 1.84. The van der Waals surface area contributed by atoms with Gasteiger partial charge in [-0.3, -0.25) is 0 Å². The number of nitrogens with one attached hydrogen (secondary N) is 1. The Morgan fingerprint density at radius 2 is 1.95 bits per heavy atom. The van der Waals surface area contributed by atoms with Crippen LogP contribution in [-0.4, -0.2) is 19.3 Å². The van der Waals surface area contributed by atoms with E-state index >= 15 is 0 Å². The lowest BCUT2D eigenvalue weighted by Crippen LogP contribution is -2.22. The third-order valence-electron chi connectivity index (χ3n) is 2.77. The first-order valence-electron chi connectivity index (χ1n) is 6.46. The van der Waals surface area contributed by atoms with Gasteiger partial charge in [-0.2, -0.15) is 13.2 Å². The third-order valence-corrected chi connectivity index (χ3v) is 2.77. The van der Waals surface area contributed by atoms with Crippen molar-refractivity contribution in [2.45, 2.75) is 38.9 Å². The lowest BCUT2D eigenvalue weighted by Gasteiger charge is -2.18. The molecule has 1 atom stereocenters. The predicted molar refractivity (Wildman–Crippen MR) is 69.3 cm³/mol. The van der Waals surface area contributed by atoms with Gasteiger partial charge in [-0.15, -0.1) is 0 Å². The number of benzene rings is 1. The largest absolute Gasteiger partial charge is 0.494 e. The number of hydrogen-bond donors (Lipinski definition) is 1. The summed E-state index contributed by atoms with van der Waals surface area (Å²) in [7, 11) is 0. The van der Waals surface area contributed by atoms with Crippen LogP contribution in [0.2, 0.25) is 0 Å². The zero-order valence-electron chi connectivity index (χ0n) is 11.3. The Morgan fingerprint density at radius 1 is 1.26 bits per heavy atom. The van der Waals surface area contributed by atoms with Crippen molar-refractivity contribution in [3.8, 4) is 5.75 Å². The van der Waals surface area contributed by atoms with Crippen LogP contribution in [0.15, 0.2) is 24.3 Å². The van der Waals surface area contributed by atoms with E-state index in [9.17, 15) is 13.2 Å². The number of halogens is 3. The van der Waals surface area contributed by atoms with E-state index in [-0.39, 0.29) is 12.5 Å². The van der Waals surface area contributed by atoms with Crippen LogP contribution < -0.4 is 10.1 Å². The molecule has 0 aliphatic rings. The molecule has 108 valence electrons. The van der Waals surface area contributed by atoms with Crippen LogP contribution in [0.1, 0.15) is 38.3 Å². The Morgan fingerprint density at radius 3 is 2.58 bits per heavy atom. The Hall–Kier alpha value is -1.23. The van der Waals surface area contributed by atoms with Crippen LogP contribution in [0.4, 0.5) is 13.2 Å². The second-order valence-electron chi connectivity index (χ2n) is 4.37. The summed E-state index contributed by atoms with van der Waals surface area (Å²) < 4.78 is 41.6. The highest BCUT2D eigenvalue weighted by Crippen LogP contribution is 2.25. The predicted octanol–water partition coefficient (Wildman–Crippen LogP) is 4.08. The molecule has 0 aliphatic carbocycles. The number of rotatable bonds is 7. The maximum Gasteiger partial charge on any atom is 0.389 e. The van der Waals surface area contributed by atoms with Crippen molar-refractivity contribution < 1.29 is 17.9 Å². The Bertz CT molecular complexity index is 379. The van der Waals surface area contributed by atoms with Gasteiger partial charge < -0.3 is 10.1 Å². The van der Waals surface area contributed by atoms with Crippen molar-refractivity contribution in [3.63, 3.8) is 0 Å². The van der Waals surface area contributed by atoms with E-state index in [4.69, 9.17) is 4.74 Å². The zero-order valence-corrected chi connectivity index (χ0v) is 11.3. The molecule has 5 heteroatoms. The molecule has 0 amide bonds. The monoisotopic (exact) mass is 275 g/mol. The van der Waals surface area contributed by atoms with E-state index in [1.54, 1.807) is 0 Å². The van der Waals surface area contributed by atoms with Gasteiger partial charge in [0.25, 0.3) is 0 Å². The Kier molecular flexibility index (Phi) is 6.15. The highest BCUT2D eigenvalue weighted by Gasteiger charge is 2.26. The topological polar surface area (TPSA) is 21.3 Å². The molecule has 2 nitrogen and oxygen atoms in total. The minimum absolute atomic E-state index is 0.0315. The molecule has 0 fully saturated rings. The molecule has 0 spiro atoms. The third kappa shape index (κ3) is 5.96. The fourth-order valence-corrected chi connectivity index (χ4v) is 1.84. The van der Waals surface area contributed by atoms with E-state index < -0.39 is 12.6 Å². The maximum absolute atomic E-state index is 12.0. The van der Waals surface area contributed by atoms with Crippen LogP contribution in [0, 0.1) is 0 Å². The number of alkyl halides is 3. The molecular weight excluding hydrogens is 255 g/mol. The van der Waals surface area contributed by atoms with Gasteiger partial charge in [-0.25, -0.2) is 0 Å². The van der Waals surface area contributed by atoms with E-state index in [0.29, 0.717) is 13.2 Å². The summed E-state index contributed by atoms with van der Waals surface area (Å²) in [5.74, 6) is 0.779. The molecule has 1 aromatic rings. The minimum atomic E-state index is -4.08. The van der Waals surface area contributed by atoms with Crippen molar-refractivity contribution in [1.82, 2.24) is 5.32 Å². The first-order valence-corrected chi connectivity index (χ1v) is 6.46. The van der Waals surface area contributed by atoms with Crippen molar-refractivity contribution in [2.24, 2.45) is 0 Å². The maximum atomic E-state index is 12.0. The first kappa shape index (κ1) is 15.8.